The van der Waals surface area contributed by atoms with Crippen molar-refractivity contribution in [1.82, 2.24) is 10.2 Å². The molecule has 1 aromatic carbocycles. The van der Waals surface area contributed by atoms with Crippen molar-refractivity contribution in [1.29, 1.82) is 0 Å². The topological polar surface area (TPSA) is 58.6 Å². The number of nitrogens with zero attached hydrogens (tertiary/aromatic N) is 1. The molecule has 1 unspecified atom stereocenters. The molecule has 0 spiro atoms. The van der Waals surface area contributed by atoms with Crippen molar-refractivity contribution < 1.29 is 14.3 Å². The van der Waals surface area contributed by atoms with Crippen molar-refractivity contribution in [3.63, 3.8) is 0 Å². The fourth-order valence-corrected chi connectivity index (χ4v) is 2.90. The minimum absolute atomic E-state index is 0.0310. The molecule has 132 valence electrons. The molecule has 1 atom stereocenters. The number of hydrogen-bond acceptors (Lipinski definition) is 3. The van der Waals surface area contributed by atoms with Crippen LogP contribution in [0.5, 0.6) is 0 Å². The van der Waals surface area contributed by atoms with Crippen LogP contribution in [0.3, 0.4) is 0 Å². The summed E-state index contributed by atoms with van der Waals surface area (Å²) in [5, 5.41) is 2.84. The third-order valence-corrected chi connectivity index (χ3v) is 4.33. The summed E-state index contributed by atoms with van der Waals surface area (Å²) in [7, 11) is 0. The lowest BCUT2D eigenvalue weighted by molar-refractivity contribution is -0.130. The van der Waals surface area contributed by atoms with Crippen molar-refractivity contribution >= 4 is 27.9 Å². The first kappa shape index (κ1) is 18.8. The first-order chi connectivity index (χ1) is 11.2. The van der Waals surface area contributed by atoms with E-state index >= 15 is 0 Å². The SMILES string of the molecule is CC(C)(C)OC(=O)NC1CCN(C(=O)CCc2ccc(Br)cc2)C1. The van der Waals surface area contributed by atoms with Gasteiger partial charge in [0.25, 0.3) is 0 Å². The minimum atomic E-state index is -0.511. The van der Waals surface area contributed by atoms with Gasteiger partial charge in [0.2, 0.25) is 5.91 Å². The molecule has 1 heterocycles. The molecule has 1 aromatic rings. The molecular weight excluding hydrogens is 372 g/mol. The molecule has 6 heteroatoms. The maximum absolute atomic E-state index is 12.3. The van der Waals surface area contributed by atoms with Crippen LogP contribution in [0, 0.1) is 0 Å². The second-order valence-electron chi connectivity index (χ2n) is 7.10. The van der Waals surface area contributed by atoms with Crippen LogP contribution >= 0.6 is 15.9 Å². The summed E-state index contributed by atoms with van der Waals surface area (Å²) < 4.78 is 6.29. The quantitative estimate of drug-likeness (QED) is 0.846. The van der Waals surface area contributed by atoms with Crippen LogP contribution in [0.1, 0.15) is 39.2 Å². The molecular formula is C18H25BrN2O3. The van der Waals surface area contributed by atoms with Gasteiger partial charge in [-0.25, -0.2) is 4.79 Å². The molecule has 2 rings (SSSR count). The third-order valence-electron chi connectivity index (χ3n) is 3.80. The highest BCUT2D eigenvalue weighted by atomic mass is 79.9. The van der Waals surface area contributed by atoms with Crippen LogP contribution in [0.25, 0.3) is 0 Å². The molecule has 1 fully saturated rings. The van der Waals surface area contributed by atoms with Crippen molar-refractivity contribution in [3.8, 4) is 0 Å². The van der Waals surface area contributed by atoms with Gasteiger partial charge in [0.05, 0.1) is 6.04 Å². The van der Waals surface area contributed by atoms with Crippen molar-refractivity contribution in [2.24, 2.45) is 0 Å². The van der Waals surface area contributed by atoms with E-state index in [1.165, 1.54) is 0 Å². The number of likely N-dealkylation sites (tertiary alicyclic amines) is 1. The number of aryl methyl sites for hydroxylation is 1. The summed E-state index contributed by atoms with van der Waals surface area (Å²) in [6.45, 7) is 6.73. The van der Waals surface area contributed by atoms with Gasteiger partial charge in [0, 0.05) is 24.0 Å². The van der Waals surface area contributed by atoms with Gasteiger partial charge < -0.3 is 15.0 Å². The molecule has 0 saturated carbocycles. The van der Waals surface area contributed by atoms with E-state index in [1.807, 2.05) is 49.9 Å². The molecule has 0 radical (unpaired) electrons. The highest BCUT2D eigenvalue weighted by Crippen LogP contribution is 2.15. The lowest BCUT2D eigenvalue weighted by Gasteiger charge is -2.22. The first-order valence-electron chi connectivity index (χ1n) is 8.25. The standard InChI is InChI=1S/C18H25BrN2O3/c1-18(2,3)24-17(23)20-15-10-11-21(12-15)16(22)9-6-13-4-7-14(19)8-5-13/h4-5,7-8,15H,6,9-12H2,1-3H3,(H,20,23). The molecule has 0 aromatic heterocycles. The average molecular weight is 397 g/mol. The summed E-state index contributed by atoms with van der Waals surface area (Å²) in [5.41, 5.74) is 0.636. The summed E-state index contributed by atoms with van der Waals surface area (Å²) >= 11 is 3.40. The third kappa shape index (κ3) is 6.15. The number of amides is 2. The Labute approximate surface area is 151 Å². The van der Waals surface area contributed by atoms with Gasteiger partial charge in [0.1, 0.15) is 5.60 Å². The lowest BCUT2D eigenvalue weighted by atomic mass is 10.1. The van der Waals surface area contributed by atoms with Crippen LogP contribution in [-0.2, 0) is 16.0 Å². The number of hydrogen-bond donors (Lipinski definition) is 1. The highest BCUT2D eigenvalue weighted by Gasteiger charge is 2.28. The van der Waals surface area contributed by atoms with Crippen LogP contribution < -0.4 is 5.32 Å². The van der Waals surface area contributed by atoms with E-state index in [2.05, 4.69) is 21.2 Å². The fraction of sp³-hybridized carbons (Fsp3) is 0.556. The van der Waals surface area contributed by atoms with Gasteiger partial charge in [0.15, 0.2) is 0 Å². The van der Waals surface area contributed by atoms with E-state index in [0.717, 1.165) is 22.9 Å². The molecule has 5 nitrogen and oxygen atoms in total. The first-order valence-corrected chi connectivity index (χ1v) is 9.04. The predicted molar refractivity (Wildman–Crippen MR) is 96.8 cm³/mol. The number of carbonyl (C=O) groups is 2. The van der Waals surface area contributed by atoms with Crippen molar-refractivity contribution in [2.75, 3.05) is 13.1 Å². The Balaban J connectivity index is 1.75. The van der Waals surface area contributed by atoms with Gasteiger partial charge in [-0.1, -0.05) is 28.1 Å². The van der Waals surface area contributed by atoms with E-state index in [9.17, 15) is 9.59 Å². The summed E-state index contributed by atoms with van der Waals surface area (Å²) in [5.74, 6) is 0.131. The van der Waals surface area contributed by atoms with Crippen LogP contribution in [0.15, 0.2) is 28.7 Å². The Morgan fingerprint density at radius 3 is 2.58 bits per heavy atom. The predicted octanol–water partition coefficient (Wildman–Crippen LogP) is 3.51. The van der Waals surface area contributed by atoms with E-state index in [-0.39, 0.29) is 11.9 Å². The Hall–Kier alpha value is -1.56. The molecule has 1 N–H and O–H groups in total. The zero-order valence-corrected chi connectivity index (χ0v) is 16.1. The smallest absolute Gasteiger partial charge is 0.407 e. The molecule has 2 amide bonds. The molecule has 1 aliphatic heterocycles. The lowest BCUT2D eigenvalue weighted by Crippen LogP contribution is -2.41. The number of nitrogens with one attached hydrogen (secondary N) is 1. The van der Waals surface area contributed by atoms with Gasteiger partial charge in [-0.3, -0.25) is 4.79 Å². The zero-order chi connectivity index (χ0) is 17.7. The van der Waals surface area contributed by atoms with Crippen molar-refractivity contribution in [2.45, 2.75) is 51.7 Å². The number of halogens is 1. The number of rotatable bonds is 4. The normalized spacial score (nSPS) is 17.7. The van der Waals surface area contributed by atoms with Gasteiger partial charge >= 0.3 is 6.09 Å². The number of ether oxygens (including phenoxy) is 1. The van der Waals surface area contributed by atoms with Crippen LogP contribution in [-0.4, -0.2) is 41.6 Å². The zero-order valence-electron chi connectivity index (χ0n) is 14.5. The number of carbonyl (C=O) groups excluding carboxylic acids is 2. The Bertz CT molecular complexity index is 581. The summed E-state index contributed by atoms with van der Waals surface area (Å²) in [6.07, 6.45) is 1.56. The highest BCUT2D eigenvalue weighted by molar-refractivity contribution is 9.10. The summed E-state index contributed by atoms with van der Waals surface area (Å²) in [4.78, 5) is 25.9. The second-order valence-corrected chi connectivity index (χ2v) is 8.01. The van der Waals surface area contributed by atoms with E-state index in [1.54, 1.807) is 0 Å². The maximum Gasteiger partial charge on any atom is 0.407 e. The Morgan fingerprint density at radius 1 is 1.29 bits per heavy atom. The Kier molecular flexibility index (Phi) is 6.27. The van der Waals surface area contributed by atoms with E-state index < -0.39 is 11.7 Å². The Morgan fingerprint density at radius 2 is 1.96 bits per heavy atom. The maximum atomic E-state index is 12.3. The number of alkyl carbamates (subject to hydrolysis) is 1. The molecule has 1 aliphatic rings. The van der Waals surface area contributed by atoms with Crippen LogP contribution in [0.4, 0.5) is 4.79 Å². The fourth-order valence-electron chi connectivity index (χ4n) is 2.64. The number of benzene rings is 1. The van der Waals surface area contributed by atoms with Gasteiger partial charge in [-0.05, 0) is 51.3 Å². The molecule has 0 aliphatic carbocycles. The van der Waals surface area contributed by atoms with E-state index in [4.69, 9.17) is 4.74 Å². The molecule has 1 saturated heterocycles. The van der Waals surface area contributed by atoms with Gasteiger partial charge in [-0.2, -0.15) is 0 Å². The molecule has 24 heavy (non-hydrogen) atoms. The molecule has 0 bridgehead atoms. The monoisotopic (exact) mass is 396 g/mol. The summed E-state index contributed by atoms with van der Waals surface area (Å²) in [6, 6.07) is 7.98. The van der Waals surface area contributed by atoms with E-state index in [0.29, 0.717) is 19.5 Å². The largest absolute Gasteiger partial charge is 0.444 e. The second kappa shape index (κ2) is 8.01. The average Bonchev–Trinajstić information content (AvgIpc) is 2.92. The van der Waals surface area contributed by atoms with Gasteiger partial charge in [-0.15, -0.1) is 0 Å². The van der Waals surface area contributed by atoms with Crippen molar-refractivity contribution in [3.05, 3.63) is 34.3 Å². The van der Waals surface area contributed by atoms with Crippen LogP contribution in [0.2, 0.25) is 0 Å². The minimum Gasteiger partial charge on any atom is -0.444 e.